The molecular formula is C12H13NO4. The number of fused-ring (bicyclic) bond motifs is 1. The van der Waals surface area contributed by atoms with Gasteiger partial charge < -0.3 is 14.7 Å². The molecule has 1 aliphatic rings. The molecule has 0 aromatic heterocycles. The number of rotatable bonds is 1. The zero-order chi connectivity index (χ0) is 12.8. The van der Waals surface area contributed by atoms with Gasteiger partial charge in [-0.2, -0.15) is 0 Å². The SMILES string of the molecule is Cc1cccc2c1N(C)C(=O)C(C)(C(=O)O)O2. The molecular weight excluding hydrogens is 222 g/mol. The Morgan fingerprint density at radius 2 is 2.12 bits per heavy atom. The summed E-state index contributed by atoms with van der Waals surface area (Å²) in [6.07, 6.45) is 0. The van der Waals surface area contributed by atoms with Gasteiger partial charge in [0.25, 0.3) is 11.5 Å². The van der Waals surface area contributed by atoms with E-state index in [4.69, 9.17) is 9.84 Å². The number of likely N-dealkylation sites (N-methyl/N-ethyl adjacent to an activating group) is 1. The summed E-state index contributed by atoms with van der Waals surface area (Å²) in [6.45, 7) is 3.11. The molecule has 0 radical (unpaired) electrons. The third-order valence-corrected chi connectivity index (χ3v) is 2.97. The number of aliphatic carboxylic acids is 1. The Morgan fingerprint density at radius 1 is 1.47 bits per heavy atom. The van der Waals surface area contributed by atoms with Gasteiger partial charge in [-0.15, -0.1) is 0 Å². The molecule has 1 heterocycles. The first kappa shape index (κ1) is 11.4. The lowest BCUT2D eigenvalue weighted by molar-refractivity contribution is -0.160. The van der Waals surface area contributed by atoms with E-state index in [2.05, 4.69) is 0 Å². The van der Waals surface area contributed by atoms with Gasteiger partial charge in [-0.1, -0.05) is 12.1 Å². The number of carboxylic acid groups (broad SMARTS) is 1. The number of carbonyl (C=O) groups is 2. The Bertz CT molecular complexity index is 511. The molecule has 0 aliphatic carbocycles. The molecule has 0 bridgehead atoms. The molecule has 1 N–H and O–H groups in total. The van der Waals surface area contributed by atoms with Gasteiger partial charge in [0.05, 0.1) is 5.69 Å². The predicted octanol–water partition coefficient (Wildman–Crippen LogP) is 1.19. The van der Waals surface area contributed by atoms with Gasteiger partial charge in [0.2, 0.25) is 0 Å². The fourth-order valence-corrected chi connectivity index (χ4v) is 1.96. The number of nitrogens with zero attached hydrogens (tertiary/aromatic N) is 1. The van der Waals surface area contributed by atoms with E-state index in [-0.39, 0.29) is 0 Å². The predicted molar refractivity (Wildman–Crippen MR) is 61.3 cm³/mol. The summed E-state index contributed by atoms with van der Waals surface area (Å²) in [5, 5.41) is 9.11. The molecule has 1 aromatic rings. The van der Waals surface area contributed by atoms with Crippen LogP contribution in [0.4, 0.5) is 5.69 Å². The van der Waals surface area contributed by atoms with E-state index in [1.165, 1.54) is 11.8 Å². The average molecular weight is 235 g/mol. The highest BCUT2D eigenvalue weighted by Crippen LogP contribution is 2.39. The first-order valence-electron chi connectivity index (χ1n) is 5.18. The monoisotopic (exact) mass is 235 g/mol. The van der Waals surface area contributed by atoms with Crippen LogP contribution in [0.3, 0.4) is 0 Å². The van der Waals surface area contributed by atoms with Crippen molar-refractivity contribution in [2.45, 2.75) is 19.4 Å². The molecule has 5 nitrogen and oxygen atoms in total. The second-order valence-electron chi connectivity index (χ2n) is 4.23. The first-order valence-corrected chi connectivity index (χ1v) is 5.18. The number of carboxylic acids is 1. The summed E-state index contributed by atoms with van der Waals surface area (Å²) in [5.41, 5.74) is -0.364. The Morgan fingerprint density at radius 3 is 2.71 bits per heavy atom. The first-order chi connectivity index (χ1) is 7.88. The van der Waals surface area contributed by atoms with Crippen molar-refractivity contribution in [3.63, 3.8) is 0 Å². The third kappa shape index (κ3) is 1.46. The van der Waals surface area contributed by atoms with Gasteiger partial charge in [-0.05, 0) is 25.5 Å². The van der Waals surface area contributed by atoms with E-state index >= 15 is 0 Å². The van der Waals surface area contributed by atoms with Gasteiger partial charge in [0, 0.05) is 7.05 Å². The summed E-state index contributed by atoms with van der Waals surface area (Å²) in [7, 11) is 1.55. The number of benzene rings is 1. The zero-order valence-corrected chi connectivity index (χ0v) is 9.85. The van der Waals surface area contributed by atoms with Gasteiger partial charge in [0.1, 0.15) is 5.75 Å². The van der Waals surface area contributed by atoms with Gasteiger partial charge in [-0.25, -0.2) is 4.79 Å². The van der Waals surface area contributed by atoms with E-state index in [0.29, 0.717) is 11.4 Å². The van der Waals surface area contributed by atoms with Crippen molar-refractivity contribution in [1.29, 1.82) is 0 Å². The van der Waals surface area contributed by atoms with Crippen LogP contribution < -0.4 is 9.64 Å². The largest absolute Gasteiger partial charge is 0.478 e. The standard InChI is InChI=1S/C12H13NO4/c1-7-5-4-6-8-9(7)13(3)10(14)12(2,17-8)11(15)16/h4-6H,1-3H3,(H,15,16). The van der Waals surface area contributed by atoms with Gasteiger partial charge in [0.15, 0.2) is 0 Å². The number of para-hydroxylation sites is 1. The van der Waals surface area contributed by atoms with Crippen molar-refractivity contribution in [1.82, 2.24) is 0 Å². The fraction of sp³-hybridized carbons (Fsp3) is 0.333. The molecule has 1 unspecified atom stereocenters. The summed E-state index contributed by atoms with van der Waals surface area (Å²) < 4.78 is 5.35. The van der Waals surface area contributed by atoms with Gasteiger partial charge >= 0.3 is 5.97 Å². The highest BCUT2D eigenvalue weighted by atomic mass is 16.5. The lowest BCUT2D eigenvalue weighted by Gasteiger charge is -2.37. The molecule has 1 atom stereocenters. The van der Waals surface area contributed by atoms with Crippen molar-refractivity contribution in [2.75, 3.05) is 11.9 Å². The molecule has 1 aromatic carbocycles. The van der Waals surface area contributed by atoms with Crippen molar-refractivity contribution in [3.8, 4) is 5.75 Å². The van der Waals surface area contributed by atoms with E-state index in [1.54, 1.807) is 19.2 Å². The van der Waals surface area contributed by atoms with Crippen LogP contribution >= 0.6 is 0 Å². The minimum Gasteiger partial charge on any atom is -0.478 e. The number of carbonyl (C=O) groups excluding carboxylic acids is 1. The normalized spacial score (nSPS) is 23.0. The topological polar surface area (TPSA) is 66.8 Å². The smallest absolute Gasteiger partial charge is 0.357 e. The summed E-state index contributed by atoms with van der Waals surface area (Å²) in [5.74, 6) is -1.45. The van der Waals surface area contributed by atoms with Crippen LogP contribution in [-0.4, -0.2) is 29.6 Å². The van der Waals surface area contributed by atoms with Crippen LogP contribution in [0, 0.1) is 6.92 Å². The van der Waals surface area contributed by atoms with Crippen LogP contribution in [0.2, 0.25) is 0 Å². The molecule has 1 amide bonds. The summed E-state index contributed by atoms with van der Waals surface area (Å²) in [4.78, 5) is 24.5. The fourth-order valence-electron chi connectivity index (χ4n) is 1.96. The maximum Gasteiger partial charge on any atom is 0.357 e. The lowest BCUT2D eigenvalue weighted by atomic mass is 10.0. The van der Waals surface area contributed by atoms with Crippen LogP contribution in [0.1, 0.15) is 12.5 Å². The molecule has 5 heteroatoms. The number of anilines is 1. The van der Waals surface area contributed by atoms with Crippen molar-refractivity contribution in [3.05, 3.63) is 23.8 Å². The molecule has 90 valence electrons. The van der Waals surface area contributed by atoms with Crippen molar-refractivity contribution >= 4 is 17.6 Å². The van der Waals surface area contributed by atoms with Crippen LogP contribution in [-0.2, 0) is 9.59 Å². The van der Waals surface area contributed by atoms with E-state index in [1.807, 2.05) is 13.0 Å². The summed E-state index contributed by atoms with van der Waals surface area (Å²) >= 11 is 0. The van der Waals surface area contributed by atoms with E-state index < -0.39 is 17.5 Å². The van der Waals surface area contributed by atoms with Gasteiger partial charge in [-0.3, -0.25) is 4.79 Å². The highest BCUT2D eigenvalue weighted by Gasteiger charge is 2.50. The molecule has 17 heavy (non-hydrogen) atoms. The minimum atomic E-state index is -1.85. The summed E-state index contributed by atoms with van der Waals surface area (Å²) in [6, 6.07) is 5.27. The minimum absolute atomic E-state index is 0.414. The molecule has 0 fully saturated rings. The second-order valence-corrected chi connectivity index (χ2v) is 4.23. The highest BCUT2D eigenvalue weighted by molar-refractivity contribution is 6.14. The Kier molecular flexibility index (Phi) is 2.34. The van der Waals surface area contributed by atoms with Crippen molar-refractivity contribution in [2.24, 2.45) is 0 Å². The Balaban J connectivity index is 2.61. The maximum atomic E-state index is 12.0. The average Bonchev–Trinajstić information content (AvgIpc) is 2.25. The number of amides is 1. The molecule has 0 saturated carbocycles. The Hall–Kier alpha value is -2.04. The maximum absolute atomic E-state index is 12.0. The second kappa shape index (κ2) is 3.48. The third-order valence-electron chi connectivity index (χ3n) is 2.97. The quantitative estimate of drug-likeness (QED) is 0.742. The Labute approximate surface area is 98.6 Å². The van der Waals surface area contributed by atoms with Crippen molar-refractivity contribution < 1.29 is 19.4 Å². The number of hydrogen-bond acceptors (Lipinski definition) is 3. The number of hydrogen-bond donors (Lipinski definition) is 1. The van der Waals surface area contributed by atoms with Crippen LogP contribution in [0.5, 0.6) is 5.75 Å². The number of aryl methyl sites for hydroxylation is 1. The van der Waals surface area contributed by atoms with E-state index in [9.17, 15) is 9.59 Å². The zero-order valence-electron chi connectivity index (χ0n) is 9.85. The van der Waals surface area contributed by atoms with Crippen LogP contribution in [0.25, 0.3) is 0 Å². The molecule has 2 rings (SSSR count). The molecule has 0 spiro atoms. The van der Waals surface area contributed by atoms with Crippen LogP contribution in [0.15, 0.2) is 18.2 Å². The van der Waals surface area contributed by atoms with E-state index in [0.717, 1.165) is 5.56 Å². The molecule has 1 aliphatic heterocycles. The molecule has 0 saturated heterocycles. The number of ether oxygens (including phenoxy) is 1. The lowest BCUT2D eigenvalue weighted by Crippen LogP contribution is -2.58.